The van der Waals surface area contributed by atoms with E-state index >= 15 is 0 Å². The molecule has 0 saturated carbocycles. The summed E-state index contributed by atoms with van der Waals surface area (Å²) in [6.07, 6.45) is 11.5. The van der Waals surface area contributed by atoms with Crippen molar-refractivity contribution in [3.8, 4) is 0 Å². The maximum atomic E-state index is 11.8. The van der Waals surface area contributed by atoms with Crippen LogP contribution in [0.2, 0.25) is 0 Å². The molecule has 1 saturated heterocycles. The Bertz CT molecular complexity index is 618. The topological polar surface area (TPSA) is 146 Å². The van der Waals surface area contributed by atoms with Crippen LogP contribution in [0.15, 0.2) is 36.5 Å². The van der Waals surface area contributed by atoms with Gasteiger partial charge in [-0.1, -0.05) is 49.8 Å². The second-order valence-corrected chi connectivity index (χ2v) is 8.26. The number of aliphatic hydroxyl groups is 5. The van der Waals surface area contributed by atoms with Crippen LogP contribution in [-0.4, -0.2) is 88.1 Å². The highest BCUT2D eigenvalue weighted by Crippen LogP contribution is 2.22. The zero-order valence-electron chi connectivity index (χ0n) is 20.1. The van der Waals surface area contributed by atoms with Crippen molar-refractivity contribution in [2.75, 3.05) is 19.8 Å². The molecule has 6 atom stereocenters. The molecule has 196 valence electrons. The predicted molar refractivity (Wildman–Crippen MR) is 127 cm³/mol. The highest BCUT2D eigenvalue weighted by atomic mass is 16.7. The fraction of sp³-hybridized carbons (Fsp3) is 0.720. The van der Waals surface area contributed by atoms with Gasteiger partial charge in [0.2, 0.25) is 0 Å². The summed E-state index contributed by atoms with van der Waals surface area (Å²) in [5, 5.41) is 48.4. The standard InChI is InChI=1S/C25H42O9/c1-2-3-4-5-6-7-8-9-10-11-12-13-14-15-21(28)32-17-19(27)18-33-25-24(31)23(30)22(29)20(16-26)34-25/h3-4,6-7,9-10,19-20,22-27,29-31H,2,5,8,11-18H2,1H3/b4-3-,7-6-,10-9-/t19?,20-,22+,23+,24-,25-/m1/s1. The van der Waals surface area contributed by atoms with Gasteiger partial charge >= 0.3 is 5.97 Å². The van der Waals surface area contributed by atoms with Crippen LogP contribution in [0.5, 0.6) is 0 Å². The molecular weight excluding hydrogens is 444 g/mol. The number of ether oxygens (including phenoxy) is 3. The summed E-state index contributed by atoms with van der Waals surface area (Å²) >= 11 is 0. The Hall–Kier alpha value is -1.59. The van der Waals surface area contributed by atoms with Crippen molar-refractivity contribution in [1.82, 2.24) is 0 Å². The third kappa shape index (κ3) is 12.8. The summed E-state index contributed by atoms with van der Waals surface area (Å²) in [4.78, 5) is 11.8. The first-order chi connectivity index (χ1) is 16.4. The number of unbranched alkanes of at least 4 members (excludes halogenated alkanes) is 3. The number of hydrogen-bond acceptors (Lipinski definition) is 9. The number of hydrogen-bond donors (Lipinski definition) is 5. The minimum absolute atomic E-state index is 0.262. The van der Waals surface area contributed by atoms with Crippen molar-refractivity contribution < 1.29 is 44.5 Å². The Balaban J connectivity index is 2.07. The third-order valence-corrected chi connectivity index (χ3v) is 5.27. The van der Waals surface area contributed by atoms with E-state index in [2.05, 4.69) is 43.4 Å². The number of allylic oxidation sites excluding steroid dienone is 6. The highest BCUT2D eigenvalue weighted by Gasteiger charge is 2.44. The van der Waals surface area contributed by atoms with Gasteiger partial charge in [-0.25, -0.2) is 0 Å². The van der Waals surface area contributed by atoms with E-state index in [1.807, 2.05) is 0 Å². The van der Waals surface area contributed by atoms with Gasteiger partial charge in [0.05, 0.1) is 13.2 Å². The summed E-state index contributed by atoms with van der Waals surface area (Å²) in [7, 11) is 0. The molecule has 1 heterocycles. The fourth-order valence-electron chi connectivity index (χ4n) is 3.26. The lowest BCUT2D eigenvalue weighted by Gasteiger charge is -2.39. The number of carbonyl (C=O) groups excluding carboxylic acids is 1. The predicted octanol–water partition coefficient (Wildman–Crippen LogP) is 1.52. The van der Waals surface area contributed by atoms with Crippen molar-refractivity contribution >= 4 is 5.97 Å². The molecule has 0 bridgehead atoms. The Morgan fingerprint density at radius 3 is 2.26 bits per heavy atom. The molecule has 1 aliphatic heterocycles. The van der Waals surface area contributed by atoms with Crippen molar-refractivity contribution in [2.45, 2.75) is 95.1 Å². The molecule has 9 heteroatoms. The number of aliphatic hydroxyl groups excluding tert-OH is 5. The summed E-state index contributed by atoms with van der Waals surface area (Å²) in [6.45, 7) is 0.940. The molecule has 34 heavy (non-hydrogen) atoms. The zero-order valence-corrected chi connectivity index (χ0v) is 20.1. The van der Waals surface area contributed by atoms with E-state index in [9.17, 15) is 25.2 Å². The van der Waals surface area contributed by atoms with E-state index in [1.165, 1.54) is 0 Å². The van der Waals surface area contributed by atoms with Crippen LogP contribution >= 0.6 is 0 Å². The second-order valence-electron chi connectivity index (χ2n) is 8.26. The Labute approximate surface area is 202 Å². The average Bonchev–Trinajstić information content (AvgIpc) is 2.83. The SMILES string of the molecule is CC/C=C\C/C=C\C/C=C\CCCCCC(=O)OCC(O)CO[C@@H]1O[C@H](CO)[C@H](O)[C@H](O)[C@H]1O. The maximum Gasteiger partial charge on any atom is 0.305 e. The molecule has 0 aliphatic carbocycles. The smallest absolute Gasteiger partial charge is 0.305 e. The molecule has 1 unspecified atom stereocenters. The van der Waals surface area contributed by atoms with Crippen LogP contribution < -0.4 is 0 Å². The summed E-state index contributed by atoms with van der Waals surface area (Å²) in [5.74, 6) is -0.412. The first-order valence-electron chi connectivity index (χ1n) is 12.1. The highest BCUT2D eigenvalue weighted by molar-refractivity contribution is 5.69. The third-order valence-electron chi connectivity index (χ3n) is 5.27. The minimum Gasteiger partial charge on any atom is -0.463 e. The van der Waals surface area contributed by atoms with Crippen molar-refractivity contribution in [3.63, 3.8) is 0 Å². The van der Waals surface area contributed by atoms with E-state index in [0.717, 1.165) is 38.5 Å². The summed E-state index contributed by atoms with van der Waals surface area (Å²) < 4.78 is 15.4. The van der Waals surface area contributed by atoms with Crippen molar-refractivity contribution in [2.24, 2.45) is 0 Å². The van der Waals surface area contributed by atoms with Crippen LogP contribution in [0.4, 0.5) is 0 Å². The maximum absolute atomic E-state index is 11.8. The molecule has 9 nitrogen and oxygen atoms in total. The average molecular weight is 487 g/mol. The molecule has 5 N–H and O–H groups in total. The monoisotopic (exact) mass is 486 g/mol. The van der Waals surface area contributed by atoms with E-state index < -0.39 is 49.4 Å². The lowest BCUT2D eigenvalue weighted by Crippen LogP contribution is -2.59. The van der Waals surface area contributed by atoms with Gasteiger partial charge in [-0.15, -0.1) is 0 Å². The summed E-state index contributed by atoms with van der Waals surface area (Å²) in [6, 6.07) is 0. The second kappa shape index (κ2) is 18.7. The van der Waals surface area contributed by atoms with E-state index in [1.54, 1.807) is 0 Å². The van der Waals surface area contributed by atoms with E-state index in [-0.39, 0.29) is 19.6 Å². The quantitative estimate of drug-likeness (QED) is 0.117. The van der Waals surface area contributed by atoms with Gasteiger partial charge in [0.25, 0.3) is 0 Å². The number of carbonyl (C=O) groups is 1. The van der Waals surface area contributed by atoms with Gasteiger partial charge in [-0.2, -0.15) is 0 Å². The molecule has 1 aliphatic rings. The van der Waals surface area contributed by atoms with Crippen LogP contribution in [0.25, 0.3) is 0 Å². The lowest BCUT2D eigenvalue weighted by atomic mass is 9.99. The normalized spacial score (nSPS) is 26.6. The zero-order chi connectivity index (χ0) is 25.2. The first kappa shape index (κ1) is 30.4. The molecule has 0 radical (unpaired) electrons. The largest absolute Gasteiger partial charge is 0.463 e. The number of esters is 1. The summed E-state index contributed by atoms with van der Waals surface area (Å²) in [5.41, 5.74) is 0. The molecule has 0 aromatic heterocycles. The van der Waals surface area contributed by atoms with Gasteiger partial charge in [0.15, 0.2) is 6.29 Å². The van der Waals surface area contributed by atoms with Gasteiger partial charge in [0.1, 0.15) is 37.1 Å². The van der Waals surface area contributed by atoms with Crippen molar-refractivity contribution in [1.29, 1.82) is 0 Å². The van der Waals surface area contributed by atoms with Gasteiger partial charge in [-0.05, 0) is 38.5 Å². The van der Waals surface area contributed by atoms with Crippen LogP contribution in [0.3, 0.4) is 0 Å². The van der Waals surface area contributed by atoms with Crippen LogP contribution in [0.1, 0.15) is 58.3 Å². The molecular formula is C25H42O9. The minimum atomic E-state index is -1.56. The van der Waals surface area contributed by atoms with E-state index in [4.69, 9.17) is 19.3 Å². The first-order valence-corrected chi connectivity index (χ1v) is 12.1. The Morgan fingerprint density at radius 1 is 0.912 bits per heavy atom. The molecule has 0 aromatic carbocycles. The Kier molecular flexibility index (Phi) is 16.7. The fourth-order valence-corrected chi connectivity index (χ4v) is 3.26. The Morgan fingerprint density at radius 2 is 1.59 bits per heavy atom. The molecule has 1 fully saturated rings. The van der Waals surface area contributed by atoms with Crippen LogP contribution in [0, 0.1) is 0 Å². The van der Waals surface area contributed by atoms with Crippen molar-refractivity contribution in [3.05, 3.63) is 36.5 Å². The van der Waals surface area contributed by atoms with Gasteiger partial charge < -0.3 is 39.7 Å². The molecule has 1 rings (SSSR count). The van der Waals surface area contributed by atoms with Crippen LogP contribution in [-0.2, 0) is 19.0 Å². The molecule has 0 amide bonds. The lowest BCUT2D eigenvalue weighted by molar-refractivity contribution is -0.305. The number of rotatable bonds is 17. The van der Waals surface area contributed by atoms with Gasteiger partial charge in [0, 0.05) is 6.42 Å². The van der Waals surface area contributed by atoms with Gasteiger partial charge in [-0.3, -0.25) is 4.79 Å². The molecule has 0 aromatic rings. The molecule has 0 spiro atoms. The van der Waals surface area contributed by atoms with E-state index in [0.29, 0.717) is 6.42 Å².